The molecule has 2 N–H and O–H groups in total. The number of carboxylic acid groups (broad SMARTS) is 2. The van der Waals surface area contributed by atoms with Gasteiger partial charge < -0.3 is 15.1 Å². The Hall–Kier alpha value is -3.75. The van der Waals surface area contributed by atoms with E-state index < -0.39 is 24.3 Å². The number of rotatable bonds is 3. The smallest absolute Gasteiger partial charge is 0.475 e. The lowest BCUT2D eigenvalue weighted by molar-refractivity contribution is -0.193. The second-order valence-electron chi connectivity index (χ2n) is 8.09. The van der Waals surface area contributed by atoms with Crippen molar-refractivity contribution in [3.8, 4) is 0 Å². The summed E-state index contributed by atoms with van der Waals surface area (Å²) in [4.78, 5) is 43.2. The van der Waals surface area contributed by atoms with E-state index in [1.165, 1.54) is 0 Å². The summed E-state index contributed by atoms with van der Waals surface area (Å²) in [6.07, 6.45) is -4.96. The lowest BCUT2D eigenvalue weighted by atomic mass is 10.0. The molecular weight excluding hydrogens is 514 g/mol. The summed E-state index contributed by atoms with van der Waals surface area (Å²) in [5.41, 5.74) is 1.86. The van der Waals surface area contributed by atoms with E-state index in [2.05, 4.69) is 20.9 Å². The molecule has 2 aliphatic heterocycles. The summed E-state index contributed by atoms with van der Waals surface area (Å²) in [7, 11) is 0. The first-order valence-electron chi connectivity index (χ1n) is 10.6. The molecular formula is C22H22F6N4O5. The molecule has 2 unspecified atom stereocenters. The van der Waals surface area contributed by atoms with Crippen LogP contribution in [0.4, 0.5) is 26.3 Å². The number of aliphatic carboxylic acids is 2. The Morgan fingerprint density at radius 1 is 0.811 bits per heavy atom. The van der Waals surface area contributed by atoms with Crippen LogP contribution in [0.5, 0.6) is 0 Å². The van der Waals surface area contributed by atoms with Gasteiger partial charge in [-0.05, 0) is 36.1 Å². The van der Waals surface area contributed by atoms with Crippen LogP contribution in [0.15, 0.2) is 48.9 Å². The zero-order valence-corrected chi connectivity index (χ0v) is 19.0. The molecule has 2 fully saturated rings. The lowest BCUT2D eigenvalue weighted by Crippen LogP contribution is -2.33. The Kier molecular flexibility index (Phi) is 9.94. The van der Waals surface area contributed by atoms with E-state index in [9.17, 15) is 31.1 Å². The largest absolute Gasteiger partial charge is 0.490 e. The van der Waals surface area contributed by atoms with E-state index in [0.29, 0.717) is 11.8 Å². The summed E-state index contributed by atoms with van der Waals surface area (Å²) in [6.45, 7) is 4.75. The molecule has 2 atom stereocenters. The SMILES string of the molecule is O=C(O)C(F)(F)F.O=C(O)C(F)(F)F.O=C(c1ccncc1)N1CC2CN(Cc3ccccn3)CC2C1. The Bertz CT molecular complexity index is 1020. The van der Waals surface area contributed by atoms with Gasteiger partial charge in [0.25, 0.3) is 5.91 Å². The number of likely N-dealkylation sites (tertiary alicyclic amines) is 2. The molecule has 4 heterocycles. The summed E-state index contributed by atoms with van der Waals surface area (Å²) in [5, 5.41) is 14.2. The Morgan fingerprint density at radius 2 is 1.30 bits per heavy atom. The van der Waals surface area contributed by atoms with Crippen LogP contribution in [0.2, 0.25) is 0 Å². The van der Waals surface area contributed by atoms with E-state index in [4.69, 9.17) is 19.8 Å². The number of nitrogens with zero attached hydrogens (tertiary/aromatic N) is 4. The molecule has 202 valence electrons. The van der Waals surface area contributed by atoms with Gasteiger partial charge in [-0.25, -0.2) is 9.59 Å². The zero-order valence-electron chi connectivity index (χ0n) is 19.0. The summed E-state index contributed by atoms with van der Waals surface area (Å²) >= 11 is 0. The molecule has 1 amide bonds. The monoisotopic (exact) mass is 536 g/mol. The van der Waals surface area contributed by atoms with Crippen LogP contribution in [0, 0.1) is 11.8 Å². The van der Waals surface area contributed by atoms with Gasteiger partial charge in [-0.15, -0.1) is 0 Å². The van der Waals surface area contributed by atoms with E-state index in [0.717, 1.165) is 44.0 Å². The van der Waals surface area contributed by atoms with Gasteiger partial charge in [0.1, 0.15) is 0 Å². The van der Waals surface area contributed by atoms with Crippen molar-refractivity contribution in [1.29, 1.82) is 0 Å². The highest BCUT2D eigenvalue weighted by atomic mass is 19.4. The summed E-state index contributed by atoms with van der Waals surface area (Å²) in [6, 6.07) is 9.65. The van der Waals surface area contributed by atoms with Crippen LogP contribution in [0.3, 0.4) is 0 Å². The van der Waals surface area contributed by atoms with E-state index in [1.54, 1.807) is 24.5 Å². The first-order chi connectivity index (χ1) is 17.2. The van der Waals surface area contributed by atoms with Gasteiger partial charge in [-0.1, -0.05) is 6.07 Å². The molecule has 37 heavy (non-hydrogen) atoms. The highest BCUT2D eigenvalue weighted by Gasteiger charge is 2.42. The predicted molar refractivity (Wildman–Crippen MR) is 114 cm³/mol. The maximum Gasteiger partial charge on any atom is 0.490 e. The van der Waals surface area contributed by atoms with Gasteiger partial charge in [-0.2, -0.15) is 26.3 Å². The van der Waals surface area contributed by atoms with Crippen LogP contribution in [-0.2, 0) is 16.1 Å². The van der Waals surface area contributed by atoms with Gasteiger partial charge in [0.2, 0.25) is 0 Å². The van der Waals surface area contributed by atoms with E-state index in [1.807, 2.05) is 23.2 Å². The zero-order chi connectivity index (χ0) is 27.8. The minimum atomic E-state index is -5.08. The average molecular weight is 536 g/mol. The van der Waals surface area contributed by atoms with Crippen LogP contribution in [0.25, 0.3) is 0 Å². The fourth-order valence-electron chi connectivity index (χ4n) is 3.78. The standard InChI is InChI=1S/C18H20N4O.2C2HF3O2/c23-18(14-4-7-19-8-5-14)22-11-15-9-21(10-16(15)12-22)13-17-3-1-2-6-20-17;2*3-2(4,5)1(6)7/h1-8,15-16H,9-13H2;2*(H,6,7). The Morgan fingerprint density at radius 3 is 1.70 bits per heavy atom. The molecule has 0 saturated carbocycles. The molecule has 2 aromatic rings. The highest BCUT2D eigenvalue weighted by molar-refractivity contribution is 5.94. The second-order valence-corrected chi connectivity index (χ2v) is 8.09. The third-order valence-corrected chi connectivity index (χ3v) is 5.37. The third-order valence-electron chi connectivity index (χ3n) is 5.37. The van der Waals surface area contributed by atoms with E-state index in [-0.39, 0.29) is 5.91 Å². The van der Waals surface area contributed by atoms with Crippen molar-refractivity contribution in [3.05, 3.63) is 60.2 Å². The first-order valence-corrected chi connectivity index (χ1v) is 10.6. The van der Waals surface area contributed by atoms with Crippen molar-refractivity contribution in [2.45, 2.75) is 18.9 Å². The van der Waals surface area contributed by atoms with Crippen molar-refractivity contribution < 1.29 is 50.9 Å². The normalized spacial score (nSPS) is 19.1. The van der Waals surface area contributed by atoms with Gasteiger partial charge in [0, 0.05) is 56.9 Å². The van der Waals surface area contributed by atoms with Gasteiger partial charge in [0.15, 0.2) is 0 Å². The number of carboxylic acids is 2. The molecule has 2 saturated heterocycles. The summed E-state index contributed by atoms with van der Waals surface area (Å²) in [5.74, 6) is -4.20. The van der Waals surface area contributed by atoms with Crippen molar-refractivity contribution in [1.82, 2.24) is 19.8 Å². The average Bonchev–Trinajstić information content (AvgIpc) is 3.38. The van der Waals surface area contributed by atoms with E-state index >= 15 is 0 Å². The fourth-order valence-corrected chi connectivity index (χ4v) is 3.78. The quantitative estimate of drug-likeness (QED) is 0.574. The van der Waals surface area contributed by atoms with Crippen LogP contribution in [-0.4, -0.2) is 86.4 Å². The maximum atomic E-state index is 12.5. The number of alkyl halides is 6. The number of hydrogen-bond donors (Lipinski definition) is 2. The summed E-state index contributed by atoms with van der Waals surface area (Å²) < 4.78 is 63.5. The molecule has 0 spiro atoms. The molecule has 2 aromatic heterocycles. The van der Waals surface area contributed by atoms with Crippen molar-refractivity contribution >= 4 is 17.8 Å². The Labute approximate surface area is 206 Å². The molecule has 0 aliphatic carbocycles. The molecule has 4 rings (SSSR count). The molecule has 9 nitrogen and oxygen atoms in total. The number of fused-ring (bicyclic) bond motifs is 1. The lowest BCUT2D eigenvalue weighted by Gasteiger charge is -2.21. The maximum absolute atomic E-state index is 12.5. The number of pyridine rings is 2. The molecule has 0 bridgehead atoms. The van der Waals surface area contributed by atoms with Crippen LogP contribution < -0.4 is 0 Å². The van der Waals surface area contributed by atoms with Crippen molar-refractivity contribution in [3.63, 3.8) is 0 Å². The number of amides is 1. The highest BCUT2D eigenvalue weighted by Crippen LogP contribution is 2.32. The second kappa shape index (κ2) is 12.5. The predicted octanol–water partition coefficient (Wildman–Crippen LogP) is 2.95. The van der Waals surface area contributed by atoms with Gasteiger partial charge in [0.05, 0.1) is 5.69 Å². The number of carbonyl (C=O) groups is 3. The van der Waals surface area contributed by atoms with Crippen LogP contribution >= 0.6 is 0 Å². The number of hydrogen-bond acceptors (Lipinski definition) is 6. The molecule has 0 aromatic carbocycles. The molecule has 15 heteroatoms. The van der Waals surface area contributed by atoms with Crippen molar-refractivity contribution in [2.24, 2.45) is 11.8 Å². The topological polar surface area (TPSA) is 124 Å². The number of aromatic nitrogens is 2. The first kappa shape index (κ1) is 29.5. The molecule has 0 radical (unpaired) electrons. The number of halogens is 6. The fraction of sp³-hybridized carbons (Fsp3) is 0.409. The minimum Gasteiger partial charge on any atom is -0.475 e. The van der Waals surface area contributed by atoms with Gasteiger partial charge >= 0.3 is 24.3 Å². The Balaban J connectivity index is 0.000000286. The van der Waals surface area contributed by atoms with Crippen molar-refractivity contribution in [2.75, 3.05) is 26.2 Å². The molecule has 2 aliphatic rings. The van der Waals surface area contributed by atoms with Crippen LogP contribution in [0.1, 0.15) is 16.1 Å². The number of carbonyl (C=O) groups excluding carboxylic acids is 1. The minimum absolute atomic E-state index is 0.137. The van der Waals surface area contributed by atoms with Gasteiger partial charge in [-0.3, -0.25) is 19.7 Å². The third kappa shape index (κ3) is 9.33.